The van der Waals surface area contributed by atoms with Crippen molar-refractivity contribution in [2.75, 3.05) is 30.5 Å². The lowest BCUT2D eigenvalue weighted by Crippen LogP contribution is -2.04. The van der Waals surface area contributed by atoms with Gasteiger partial charge >= 0.3 is 0 Å². The number of hydrogen-bond acceptors (Lipinski definition) is 3. The number of ether oxygens (including phenoxy) is 1. The fourth-order valence-corrected chi connectivity index (χ4v) is 2.10. The number of nitrogens with one attached hydrogen (secondary N) is 1. The zero-order chi connectivity index (χ0) is 11.8. The predicted molar refractivity (Wildman–Crippen MR) is 73.8 cm³/mol. The maximum Gasteiger partial charge on any atom is 0.120 e. The van der Waals surface area contributed by atoms with Crippen LogP contribution in [-0.4, -0.2) is 25.2 Å². The summed E-state index contributed by atoms with van der Waals surface area (Å²) in [5.74, 6) is 3.35. The minimum atomic E-state index is 0.913. The Morgan fingerprint density at radius 3 is 2.88 bits per heavy atom. The molecule has 0 bridgehead atoms. The van der Waals surface area contributed by atoms with Crippen LogP contribution in [0.25, 0.3) is 0 Å². The van der Waals surface area contributed by atoms with Crippen LogP contribution in [0.1, 0.15) is 18.9 Å². The average Bonchev–Trinajstić information content (AvgIpc) is 2.31. The highest BCUT2D eigenvalue weighted by Gasteiger charge is 1.99. The summed E-state index contributed by atoms with van der Waals surface area (Å²) in [6.45, 7) is 5.34. The molecule has 0 spiro atoms. The number of rotatable bonds is 7. The number of aryl methyl sites for hydroxylation is 1. The highest BCUT2D eigenvalue weighted by Crippen LogP contribution is 2.21. The first kappa shape index (κ1) is 13.2. The molecule has 1 aromatic rings. The number of methoxy groups -OCH3 is 1. The van der Waals surface area contributed by atoms with Gasteiger partial charge in [0, 0.05) is 18.3 Å². The van der Waals surface area contributed by atoms with Gasteiger partial charge in [-0.2, -0.15) is 11.8 Å². The molecule has 0 heterocycles. The Labute approximate surface area is 103 Å². The third kappa shape index (κ3) is 4.35. The molecule has 0 radical (unpaired) electrons. The van der Waals surface area contributed by atoms with Crippen molar-refractivity contribution in [1.82, 2.24) is 0 Å². The van der Waals surface area contributed by atoms with Crippen LogP contribution >= 0.6 is 11.8 Å². The highest BCUT2D eigenvalue weighted by molar-refractivity contribution is 7.99. The third-order valence-corrected chi connectivity index (χ3v) is 3.42. The second-order valence-electron chi connectivity index (χ2n) is 3.66. The van der Waals surface area contributed by atoms with Crippen LogP contribution in [0.15, 0.2) is 18.2 Å². The lowest BCUT2D eigenvalue weighted by molar-refractivity contribution is 0.415. The SMILES string of the molecule is CCSCCCNc1cc(OC)ccc1C. The molecule has 0 saturated carbocycles. The van der Waals surface area contributed by atoms with Gasteiger partial charge < -0.3 is 10.1 Å². The smallest absolute Gasteiger partial charge is 0.120 e. The van der Waals surface area contributed by atoms with Crippen LogP contribution in [0, 0.1) is 6.92 Å². The summed E-state index contributed by atoms with van der Waals surface area (Å²) in [6, 6.07) is 6.14. The van der Waals surface area contributed by atoms with Crippen LogP contribution in [0.2, 0.25) is 0 Å². The number of benzene rings is 1. The van der Waals surface area contributed by atoms with E-state index in [2.05, 4.69) is 31.3 Å². The van der Waals surface area contributed by atoms with Crippen LogP contribution in [0.3, 0.4) is 0 Å². The molecule has 3 heteroatoms. The summed E-state index contributed by atoms with van der Waals surface area (Å²) in [5, 5.41) is 3.45. The van der Waals surface area contributed by atoms with Gasteiger partial charge in [-0.15, -0.1) is 0 Å². The first-order valence-electron chi connectivity index (χ1n) is 5.74. The van der Waals surface area contributed by atoms with E-state index in [1.54, 1.807) is 7.11 Å². The zero-order valence-electron chi connectivity index (χ0n) is 10.4. The van der Waals surface area contributed by atoms with E-state index in [1.807, 2.05) is 17.8 Å². The molecule has 0 unspecified atom stereocenters. The summed E-state index contributed by atoms with van der Waals surface area (Å²) >= 11 is 1.99. The van der Waals surface area contributed by atoms with Crippen molar-refractivity contribution in [1.29, 1.82) is 0 Å². The highest BCUT2D eigenvalue weighted by atomic mass is 32.2. The van der Waals surface area contributed by atoms with Gasteiger partial charge in [-0.3, -0.25) is 0 Å². The van der Waals surface area contributed by atoms with Crippen molar-refractivity contribution < 1.29 is 4.74 Å². The minimum absolute atomic E-state index is 0.913. The Balaban J connectivity index is 2.40. The van der Waals surface area contributed by atoms with Crippen LogP contribution < -0.4 is 10.1 Å². The number of anilines is 1. The van der Waals surface area contributed by atoms with Crippen molar-refractivity contribution in [2.24, 2.45) is 0 Å². The van der Waals surface area contributed by atoms with E-state index >= 15 is 0 Å². The van der Waals surface area contributed by atoms with Gasteiger partial charge in [0.05, 0.1) is 7.11 Å². The Kier molecular flexibility index (Phi) is 6.16. The van der Waals surface area contributed by atoms with Gasteiger partial charge in [-0.25, -0.2) is 0 Å². The van der Waals surface area contributed by atoms with Crippen LogP contribution in [0.4, 0.5) is 5.69 Å². The topological polar surface area (TPSA) is 21.3 Å². The molecule has 1 aromatic carbocycles. The summed E-state index contributed by atoms with van der Waals surface area (Å²) in [4.78, 5) is 0. The van der Waals surface area contributed by atoms with Gasteiger partial charge in [0.15, 0.2) is 0 Å². The Morgan fingerprint density at radius 1 is 1.38 bits per heavy atom. The summed E-state index contributed by atoms with van der Waals surface area (Å²) in [5.41, 5.74) is 2.45. The van der Waals surface area contributed by atoms with Crippen molar-refractivity contribution in [3.8, 4) is 5.75 Å². The second-order valence-corrected chi connectivity index (χ2v) is 5.05. The molecule has 90 valence electrons. The van der Waals surface area contributed by atoms with E-state index in [4.69, 9.17) is 4.74 Å². The summed E-state index contributed by atoms with van der Waals surface area (Å²) in [7, 11) is 1.70. The van der Waals surface area contributed by atoms with Gasteiger partial charge in [0.2, 0.25) is 0 Å². The molecular weight excluding hydrogens is 218 g/mol. The Bertz CT molecular complexity index is 315. The first-order valence-corrected chi connectivity index (χ1v) is 6.89. The fraction of sp³-hybridized carbons (Fsp3) is 0.538. The third-order valence-electron chi connectivity index (χ3n) is 2.43. The normalized spacial score (nSPS) is 10.2. The largest absolute Gasteiger partial charge is 0.497 e. The molecule has 0 aliphatic heterocycles. The fourth-order valence-electron chi connectivity index (χ4n) is 1.46. The van der Waals surface area contributed by atoms with E-state index < -0.39 is 0 Å². The molecule has 1 N–H and O–H groups in total. The Hall–Kier alpha value is -0.830. The molecule has 0 amide bonds. The lowest BCUT2D eigenvalue weighted by atomic mass is 10.2. The molecule has 0 aliphatic carbocycles. The average molecular weight is 239 g/mol. The predicted octanol–water partition coefficient (Wildman–Crippen LogP) is 3.56. The molecule has 0 fully saturated rings. The van der Waals surface area contributed by atoms with Crippen molar-refractivity contribution in [2.45, 2.75) is 20.3 Å². The van der Waals surface area contributed by atoms with E-state index in [0.717, 1.165) is 12.3 Å². The van der Waals surface area contributed by atoms with Crippen molar-refractivity contribution in [3.63, 3.8) is 0 Å². The van der Waals surface area contributed by atoms with E-state index in [0.29, 0.717) is 0 Å². The monoisotopic (exact) mass is 239 g/mol. The molecule has 0 saturated heterocycles. The molecule has 2 nitrogen and oxygen atoms in total. The Morgan fingerprint density at radius 2 is 2.19 bits per heavy atom. The van der Waals surface area contributed by atoms with E-state index in [-0.39, 0.29) is 0 Å². The molecule has 0 aliphatic rings. The second kappa shape index (κ2) is 7.44. The summed E-state index contributed by atoms with van der Waals surface area (Å²) < 4.78 is 5.21. The van der Waals surface area contributed by atoms with Gasteiger partial charge in [-0.1, -0.05) is 13.0 Å². The number of thioether (sulfide) groups is 1. The van der Waals surface area contributed by atoms with Gasteiger partial charge in [0.1, 0.15) is 5.75 Å². The molecule has 0 aromatic heterocycles. The maximum atomic E-state index is 5.21. The van der Waals surface area contributed by atoms with Crippen molar-refractivity contribution >= 4 is 17.4 Å². The molecular formula is C13H21NOS. The standard InChI is InChI=1S/C13H21NOS/c1-4-16-9-5-8-14-13-10-12(15-3)7-6-11(13)2/h6-7,10,14H,4-5,8-9H2,1-3H3. The maximum absolute atomic E-state index is 5.21. The lowest BCUT2D eigenvalue weighted by Gasteiger charge is -2.10. The molecule has 1 rings (SSSR count). The van der Waals surface area contributed by atoms with Crippen molar-refractivity contribution in [3.05, 3.63) is 23.8 Å². The van der Waals surface area contributed by atoms with Crippen LogP contribution in [-0.2, 0) is 0 Å². The number of hydrogen-bond donors (Lipinski definition) is 1. The van der Waals surface area contributed by atoms with E-state index in [9.17, 15) is 0 Å². The minimum Gasteiger partial charge on any atom is -0.497 e. The molecule has 0 atom stereocenters. The molecule has 16 heavy (non-hydrogen) atoms. The van der Waals surface area contributed by atoms with Gasteiger partial charge in [0.25, 0.3) is 0 Å². The zero-order valence-corrected chi connectivity index (χ0v) is 11.2. The van der Waals surface area contributed by atoms with E-state index in [1.165, 1.54) is 29.2 Å². The van der Waals surface area contributed by atoms with Gasteiger partial charge in [-0.05, 0) is 36.5 Å². The first-order chi connectivity index (χ1) is 7.77. The quantitative estimate of drug-likeness (QED) is 0.735. The van der Waals surface area contributed by atoms with Crippen LogP contribution in [0.5, 0.6) is 5.75 Å². The summed E-state index contributed by atoms with van der Waals surface area (Å²) in [6.07, 6.45) is 1.20.